The number of benzene rings is 1. The predicted octanol–water partition coefficient (Wildman–Crippen LogP) is 0.344. The van der Waals surface area contributed by atoms with Crippen molar-refractivity contribution in [3.05, 3.63) is 24.3 Å². The largest absolute Gasteiger partial charge is 0.468 e. The number of aliphatic hydroxyl groups excluding tert-OH is 2. The quantitative estimate of drug-likeness (QED) is 0.640. The van der Waals surface area contributed by atoms with E-state index in [1.165, 1.54) is 0 Å². The first-order chi connectivity index (χ1) is 5.86. The molecule has 0 aliphatic rings. The molecular weight excluding hydrogens is 160 g/mol. The van der Waals surface area contributed by atoms with Crippen LogP contribution in [0.1, 0.15) is 0 Å². The van der Waals surface area contributed by atoms with Crippen molar-refractivity contribution in [3.63, 3.8) is 0 Å². The molecule has 0 aliphatic heterocycles. The molecular formula is C8H10O4. The smallest absolute Gasteiger partial charge is 0.186 e. The normalized spacial score (nSPS) is 9.50. The maximum absolute atomic E-state index is 8.40. The molecule has 0 saturated heterocycles. The van der Waals surface area contributed by atoms with Crippen LogP contribution in [0.15, 0.2) is 24.3 Å². The average molecular weight is 170 g/mol. The molecule has 0 bridgehead atoms. The van der Waals surface area contributed by atoms with Gasteiger partial charge < -0.3 is 19.7 Å². The Labute approximate surface area is 70.0 Å². The summed E-state index contributed by atoms with van der Waals surface area (Å²) in [6.07, 6.45) is 0. The summed E-state index contributed by atoms with van der Waals surface area (Å²) in [6.45, 7) is -0.694. The van der Waals surface area contributed by atoms with E-state index in [0.29, 0.717) is 11.5 Å². The van der Waals surface area contributed by atoms with E-state index in [2.05, 4.69) is 0 Å². The van der Waals surface area contributed by atoms with E-state index in [1.54, 1.807) is 24.3 Å². The van der Waals surface area contributed by atoms with E-state index >= 15 is 0 Å². The van der Waals surface area contributed by atoms with Gasteiger partial charge in [-0.05, 0) is 24.3 Å². The lowest BCUT2D eigenvalue weighted by Gasteiger charge is -2.03. The summed E-state index contributed by atoms with van der Waals surface area (Å²) in [5.74, 6) is 1.12. The van der Waals surface area contributed by atoms with E-state index in [4.69, 9.17) is 19.7 Å². The Bertz CT molecular complexity index is 194. The van der Waals surface area contributed by atoms with Gasteiger partial charge in [-0.1, -0.05) is 0 Å². The Kier molecular flexibility index (Phi) is 3.37. The fourth-order valence-electron chi connectivity index (χ4n) is 0.781. The van der Waals surface area contributed by atoms with Crippen molar-refractivity contribution in [2.45, 2.75) is 0 Å². The van der Waals surface area contributed by atoms with Gasteiger partial charge in [0.15, 0.2) is 13.6 Å². The van der Waals surface area contributed by atoms with E-state index in [0.717, 1.165) is 0 Å². The van der Waals surface area contributed by atoms with Crippen LogP contribution in [0, 0.1) is 0 Å². The molecule has 0 spiro atoms. The molecule has 12 heavy (non-hydrogen) atoms. The first-order valence-electron chi connectivity index (χ1n) is 3.44. The first-order valence-corrected chi connectivity index (χ1v) is 3.44. The standard InChI is InChI=1S/C8H10O4/c9-5-11-7-1-2-8(4-3-7)12-6-10/h1-4,9-10H,5-6H2. The fourth-order valence-corrected chi connectivity index (χ4v) is 0.781. The highest BCUT2D eigenvalue weighted by atomic mass is 16.6. The number of rotatable bonds is 4. The molecule has 0 heterocycles. The van der Waals surface area contributed by atoms with Crippen LogP contribution in [-0.2, 0) is 0 Å². The van der Waals surface area contributed by atoms with Gasteiger partial charge in [0.2, 0.25) is 0 Å². The third-order valence-corrected chi connectivity index (χ3v) is 1.29. The Morgan fingerprint density at radius 1 is 0.833 bits per heavy atom. The molecule has 0 aliphatic carbocycles. The van der Waals surface area contributed by atoms with Crippen molar-refractivity contribution in [1.29, 1.82) is 0 Å². The van der Waals surface area contributed by atoms with Gasteiger partial charge >= 0.3 is 0 Å². The molecule has 1 aromatic rings. The second kappa shape index (κ2) is 4.58. The Morgan fingerprint density at radius 3 is 1.42 bits per heavy atom. The van der Waals surface area contributed by atoms with Crippen molar-refractivity contribution in [1.82, 2.24) is 0 Å². The summed E-state index contributed by atoms with van der Waals surface area (Å²) in [6, 6.07) is 6.56. The molecule has 0 aromatic heterocycles. The van der Waals surface area contributed by atoms with E-state index < -0.39 is 0 Å². The van der Waals surface area contributed by atoms with Crippen LogP contribution in [0.3, 0.4) is 0 Å². The van der Waals surface area contributed by atoms with Crippen molar-refractivity contribution in [2.75, 3.05) is 13.6 Å². The molecule has 66 valence electrons. The summed E-state index contributed by atoms with van der Waals surface area (Å²) in [5, 5.41) is 16.8. The molecule has 2 N–H and O–H groups in total. The second-order valence-corrected chi connectivity index (χ2v) is 2.02. The van der Waals surface area contributed by atoms with E-state index in [9.17, 15) is 0 Å². The van der Waals surface area contributed by atoms with Crippen LogP contribution in [0.2, 0.25) is 0 Å². The molecule has 0 unspecified atom stereocenters. The lowest BCUT2D eigenvalue weighted by molar-refractivity contribution is 0.0947. The lowest BCUT2D eigenvalue weighted by Crippen LogP contribution is -1.96. The zero-order valence-electron chi connectivity index (χ0n) is 6.43. The molecule has 0 radical (unpaired) electrons. The molecule has 1 rings (SSSR count). The van der Waals surface area contributed by atoms with Gasteiger partial charge in [0.25, 0.3) is 0 Å². The minimum atomic E-state index is -0.347. The highest BCUT2D eigenvalue weighted by Crippen LogP contribution is 2.16. The maximum atomic E-state index is 8.40. The first kappa shape index (κ1) is 8.83. The van der Waals surface area contributed by atoms with Crippen LogP contribution in [0.5, 0.6) is 11.5 Å². The average Bonchev–Trinajstić information content (AvgIpc) is 2.09. The van der Waals surface area contributed by atoms with Gasteiger partial charge in [-0.25, -0.2) is 0 Å². The Hall–Kier alpha value is -1.26. The molecule has 0 fully saturated rings. The lowest BCUT2D eigenvalue weighted by atomic mass is 10.3. The summed E-state index contributed by atoms with van der Waals surface area (Å²) >= 11 is 0. The number of hydrogen-bond acceptors (Lipinski definition) is 4. The number of aliphatic hydroxyl groups is 2. The van der Waals surface area contributed by atoms with Crippen molar-refractivity contribution >= 4 is 0 Å². The van der Waals surface area contributed by atoms with Crippen molar-refractivity contribution in [2.24, 2.45) is 0 Å². The second-order valence-electron chi connectivity index (χ2n) is 2.02. The molecule has 4 heteroatoms. The molecule has 0 atom stereocenters. The van der Waals surface area contributed by atoms with Crippen molar-refractivity contribution < 1.29 is 19.7 Å². The van der Waals surface area contributed by atoms with E-state index in [-0.39, 0.29) is 13.6 Å². The molecule has 1 aromatic carbocycles. The van der Waals surface area contributed by atoms with Gasteiger partial charge in [-0.15, -0.1) is 0 Å². The van der Waals surface area contributed by atoms with Crippen LogP contribution in [0.25, 0.3) is 0 Å². The molecule has 4 nitrogen and oxygen atoms in total. The van der Waals surface area contributed by atoms with Gasteiger partial charge in [0.05, 0.1) is 0 Å². The Morgan fingerprint density at radius 2 is 1.17 bits per heavy atom. The van der Waals surface area contributed by atoms with Crippen LogP contribution < -0.4 is 9.47 Å². The van der Waals surface area contributed by atoms with E-state index in [1.807, 2.05) is 0 Å². The van der Waals surface area contributed by atoms with Crippen LogP contribution in [-0.4, -0.2) is 23.8 Å². The highest BCUT2D eigenvalue weighted by molar-refractivity contribution is 5.30. The van der Waals surface area contributed by atoms with Crippen molar-refractivity contribution in [3.8, 4) is 11.5 Å². The topological polar surface area (TPSA) is 58.9 Å². The summed E-state index contributed by atoms with van der Waals surface area (Å²) in [5.41, 5.74) is 0. The summed E-state index contributed by atoms with van der Waals surface area (Å²) in [7, 11) is 0. The monoisotopic (exact) mass is 170 g/mol. The zero-order valence-corrected chi connectivity index (χ0v) is 6.43. The molecule has 0 amide bonds. The SMILES string of the molecule is OCOc1ccc(OCO)cc1. The zero-order chi connectivity index (χ0) is 8.81. The van der Waals surface area contributed by atoms with Gasteiger partial charge in [-0.2, -0.15) is 0 Å². The summed E-state index contributed by atoms with van der Waals surface area (Å²) < 4.78 is 9.55. The minimum absolute atomic E-state index is 0.347. The van der Waals surface area contributed by atoms with Crippen LogP contribution >= 0.6 is 0 Å². The maximum Gasteiger partial charge on any atom is 0.186 e. The molecule has 0 saturated carbocycles. The van der Waals surface area contributed by atoms with Gasteiger partial charge in [0.1, 0.15) is 11.5 Å². The number of ether oxygens (including phenoxy) is 2. The third kappa shape index (κ3) is 2.41. The minimum Gasteiger partial charge on any atom is -0.468 e. The predicted molar refractivity (Wildman–Crippen MR) is 41.9 cm³/mol. The van der Waals surface area contributed by atoms with Crippen LogP contribution in [0.4, 0.5) is 0 Å². The highest BCUT2D eigenvalue weighted by Gasteiger charge is 1.93. The third-order valence-electron chi connectivity index (χ3n) is 1.29. The van der Waals surface area contributed by atoms with Gasteiger partial charge in [-0.3, -0.25) is 0 Å². The fraction of sp³-hybridized carbons (Fsp3) is 0.250. The summed E-state index contributed by atoms with van der Waals surface area (Å²) in [4.78, 5) is 0. The Balaban J connectivity index is 2.58. The van der Waals surface area contributed by atoms with Gasteiger partial charge in [0, 0.05) is 0 Å². The number of hydrogen-bond donors (Lipinski definition) is 2.